The molecular formula is C14H11N5S. The highest BCUT2D eigenvalue weighted by Crippen LogP contribution is 2.29. The van der Waals surface area contributed by atoms with Crippen molar-refractivity contribution in [2.45, 2.75) is 10.1 Å². The van der Waals surface area contributed by atoms with Gasteiger partial charge in [-0.05, 0) is 30.0 Å². The SMILES string of the molecule is N=C(N)c1ccc(Sc2ncnc3ccccc23)nc1. The summed E-state index contributed by atoms with van der Waals surface area (Å²) in [6, 6.07) is 11.5. The molecule has 0 unspecified atom stereocenters. The molecule has 3 N–H and O–H groups in total. The van der Waals surface area contributed by atoms with Gasteiger partial charge in [-0.15, -0.1) is 0 Å². The summed E-state index contributed by atoms with van der Waals surface area (Å²) in [5.74, 6) is 0.0153. The molecule has 0 atom stereocenters. The third kappa shape index (κ3) is 2.46. The van der Waals surface area contributed by atoms with E-state index in [1.54, 1.807) is 18.6 Å². The van der Waals surface area contributed by atoms with Crippen LogP contribution < -0.4 is 5.73 Å². The van der Waals surface area contributed by atoms with Gasteiger partial charge in [0, 0.05) is 17.1 Å². The van der Waals surface area contributed by atoms with Gasteiger partial charge >= 0.3 is 0 Å². The number of hydrogen-bond acceptors (Lipinski definition) is 5. The van der Waals surface area contributed by atoms with Crippen molar-refractivity contribution in [1.82, 2.24) is 15.0 Å². The first-order chi connectivity index (χ1) is 9.74. The lowest BCUT2D eigenvalue weighted by Crippen LogP contribution is -2.11. The molecule has 6 heteroatoms. The predicted octanol–water partition coefficient (Wildman–Crippen LogP) is 2.46. The molecule has 0 saturated carbocycles. The molecule has 0 aliphatic rings. The van der Waals surface area contributed by atoms with Crippen molar-refractivity contribution in [2.75, 3.05) is 0 Å². The Kier molecular flexibility index (Phi) is 3.30. The summed E-state index contributed by atoms with van der Waals surface area (Å²) < 4.78 is 0. The van der Waals surface area contributed by atoms with Crippen LogP contribution >= 0.6 is 11.8 Å². The molecule has 1 aromatic carbocycles. The number of pyridine rings is 1. The molecular weight excluding hydrogens is 270 g/mol. The van der Waals surface area contributed by atoms with Gasteiger partial charge in [-0.3, -0.25) is 5.41 Å². The molecule has 0 fully saturated rings. The highest BCUT2D eigenvalue weighted by Gasteiger charge is 2.06. The van der Waals surface area contributed by atoms with Crippen LogP contribution in [0.5, 0.6) is 0 Å². The van der Waals surface area contributed by atoms with Crippen molar-refractivity contribution in [2.24, 2.45) is 5.73 Å². The second kappa shape index (κ2) is 5.26. The third-order valence-electron chi connectivity index (χ3n) is 2.75. The average molecular weight is 281 g/mol. The highest BCUT2D eigenvalue weighted by molar-refractivity contribution is 7.99. The number of hydrogen-bond donors (Lipinski definition) is 2. The van der Waals surface area contributed by atoms with Crippen LogP contribution in [0.15, 0.2) is 59.0 Å². The minimum atomic E-state index is 0.0153. The van der Waals surface area contributed by atoms with Gasteiger partial charge < -0.3 is 5.73 Å². The van der Waals surface area contributed by atoms with E-state index >= 15 is 0 Å². The standard InChI is InChI=1S/C14H11N5S/c15-13(16)9-5-6-12(17-7-9)20-14-10-3-1-2-4-11(10)18-8-19-14/h1-8H,(H3,15,16). The quantitative estimate of drug-likeness (QED) is 0.437. The van der Waals surface area contributed by atoms with Gasteiger partial charge in [0.15, 0.2) is 0 Å². The largest absolute Gasteiger partial charge is 0.384 e. The molecule has 0 bridgehead atoms. The van der Waals surface area contributed by atoms with E-state index in [0.29, 0.717) is 5.56 Å². The van der Waals surface area contributed by atoms with Crippen LogP contribution in [0, 0.1) is 5.41 Å². The predicted molar refractivity (Wildman–Crippen MR) is 78.9 cm³/mol. The van der Waals surface area contributed by atoms with Crippen LogP contribution in [0.25, 0.3) is 10.9 Å². The number of nitrogens with two attached hydrogens (primary N) is 1. The summed E-state index contributed by atoms with van der Waals surface area (Å²) in [5.41, 5.74) is 6.93. The van der Waals surface area contributed by atoms with Crippen molar-refractivity contribution >= 4 is 28.5 Å². The van der Waals surface area contributed by atoms with Crippen LogP contribution in [0.4, 0.5) is 0 Å². The van der Waals surface area contributed by atoms with Gasteiger partial charge in [-0.1, -0.05) is 18.2 Å². The number of fused-ring (bicyclic) bond motifs is 1. The lowest BCUT2D eigenvalue weighted by atomic mass is 10.2. The smallest absolute Gasteiger partial charge is 0.124 e. The summed E-state index contributed by atoms with van der Waals surface area (Å²) in [4.78, 5) is 12.8. The molecule has 0 radical (unpaired) electrons. The fourth-order valence-corrected chi connectivity index (χ4v) is 2.58. The lowest BCUT2D eigenvalue weighted by Gasteiger charge is -2.04. The lowest BCUT2D eigenvalue weighted by molar-refractivity contribution is 1.08. The second-order valence-electron chi connectivity index (χ2n) is 4.10. The van der Waals surface area contributed by atoms with Crippen LogP contribution in [0.3, 0.4) is 0 Å². The Hall–Kier alpha value is -2.47. The van der Waals surface area contributed by atoms with E-state index < -0.39 is 0 Å². The second-order valence-corrected chi connectivity index (χ2v) is 5.11. The minimum absolute atomic E-state index is 0.0153. The highest BCUT2D eigenvalue weighted by atomic mass is 32.2. The molecule has 2 heterocycles. The normalized spacial score (nSPS) is 10.6. The molecule has 0 aliphatic heterocycles. The number of aromatic nitrogens is 3. The van der Waals surface area contributed by atoms with Crippen molar-refractivity contribution < 1.29 is 0 Å². The van der Waals surface area contributed by atoms with E-state index in [2.05, 4.69) is 15.0 Å². The van der Waals surface area contributed by atoms with E-state index in [1.807, 2.05) is 30.3 Å². The summed E-state index contributed by atoms with van der Waals surface area (Å²) >= 11 is 1.46. The number of nitrogens with zero attached hydrogens (tertiary/aromatic N) is 3. The van der Waals surface area contributed by atoms with Crippen LogP contribution in [-0.2, 0) is 0 Å². The fourth-order valence-electron chi connectivity index (χ4n) is 1.76. The Morgan fingerprint density at radius 3 is 2.65 bits per heavy atom. The van der Waals surface area contributed by atoms with Crippen LogP contribution in [0.1, 0.15) is 5.56 Å². The zero-order valence-corrected chi connectivity index (χ0v) is 11.3. The first kappa shape index (κ1) is 12.6. The van der Waals surface area contributed by atoms with Gasteiger partial charge in [-0.25, -0.2) is 15.0 Å². The molecule has 0 spiro atoms. The van der Waals surface area contributed by atoms with E-state index in [1.165, 1.54) is 11.8 Å². The van der Waals surface area contributed by atoms with E-state index in [-0.39, 0.29) is 5.84 Å². The maximum atomic E-state index is 7.35. The molecule has 20 heavy (non-hydrogen) atoms. The Balaban J connectivity index is 1.95. The Labute approximate surface area is 119 Å². The third-order valence-corrected chi connectivity index (χ3v) is 3.72. The molecule has 0 aliphatic carbocycles. The Morgan fingerprint density at radius 2 is 1.90 bits per heavy atom. The van der Waals surface area contributed by atoms with Gasteiger partial charge in [0.1, 0.15) is 22.2 Å². The van der Waals surface area contributed by atoms with E-state index in [0.717, 1.165) is 21.0 Å². The van der Waals surface area contributed by atoms with Crippen LogP contribution in [-0.4, -0.2) is 20.8 Å². The maximum absolute atomic E-state index is 7.35. The van der Waals surface area contributed by atoms with Gasteiger partial charge in [0.25, 0.3) is 0 Å². The van der Waals surface area contributed by atoms with Crippen molar-refractivity contribution in [1.29, 1.82) is 5.41 Å². The molecule has 98 valence electrons. The fraction of sp³-hybridized carbons (Fsp3) is 0. The molecule has 0 saturated heterocycles. The average Bonchev–Trinajstić information content (AvgIpc) is 2.48. The summed E-state index contributed by atoms with van der Waals surface area (Å²) in [6.07, 6.45) is 3.14. The first-order valence-corrected chi connectivity index (χ1v) is 6.74. The van der Waals surface area contributed by atoms with Gasteiger partial charge in [0.2, 0.25) is 0 Å². The molecule has 3 rings (SSSR count). The molecule has 3 aromatic rings. The van der Waals surface area contributed by atoms with Crippen molar-refractivity contribution in [3.8, 4) is 0 Å². The minimum Gasteiger partial charge on any atom is -0.384 e. The molecule has 0 amide bonds. The molecule has 5 nitrogen and oxygen atoms in total. The zero-order chi connectivity index (χ0) is 13.9. The van der Waals surface area contributed by atoms with Gasteiger partial charge in [-0.2, -0.15) is 0 Å². The number of nitrogens with one attached hydrogen (secondary N) is 1. The molecule has 2 aromatic heterocycles. The van der Waals surface area contributed by atoms with Crippen LogP contribution in [0.2, 0.25) is 0 Å². The van der Waals surface area contributed by atoms with Crippen molar-refractivity contribution in [3.05, 3.63) is 54.5 Å². The number of para-hydroxylation sites is 1. The monoisotopic (exact) mass is 281 g/mol. The topological polar surface area (TPSA) is 88.5 Å². The number of amidine groups is 1. The summed E-state index contributed by atoms with van der Waals surface area (Å²) in [7, 11) is 0. The summed E-state index contributed by atoms with van der Waals surface area (Å²) in [5, 5.41) is 10.0. The van der Waals surface area contributed by atoms with E-state index in [4.69, 9.17) is 11.1 Å². The number of rotatable bonds is 3. The summed E-state index contributed by atoms with van der Waals surface area (Å²) in [6.45, 7) is 0. The Bertz CT molecular complexity index is 765. The van der Waals surface area contributed by atoms with Crippen molar-refractivity contribution in [3.63, 3.8) is 0 Å². The Morgan fingerprint density at radius 1 is 1.05 bits per heavy atom. The number of benzene rings is 1. The first-order valence-electron chi connectivity index (χ1n) is 5.92. The number of nitrogen functional groups attached to an aromatic ring is 1. The van der Waals surface area contributed by atoms with Gasteiger partial charge in [0.05, 0.1) is 5.52 Å². The maximum Gasteiger partial charge on any atom is 0.124 e. The zero-order valence-electron chi connectivity index (χ0n) is 10.4. The van der Waals surface area contributed by atoms with E-state index in [9.17, 15) is 0 Å².